The fraction of sp³-hybridized carbons (Fsp3) is 0.857. The van der Waals surface area contributed by atoms with Crippen molar-refractivity contribution in [3.05, 3.63) is 0 Å². The second-order valence-corrected chi connectivity index (χ2v) is 2.88. The molecule has 0 aliphatic carbocycles. The van der Waals surface area contributed by atoms with E-state index in [9.17, 15) is 0 Å². The molecule has 2 rings (SSSR count). The normalized spacial score (nSPS) is 41.9. The predicted molar refractivity (Wildman–Crippen MR) is 37.7 cm³/mol. The molecule has 50 valence electrons. The van der Waals surface area contributed by atoms with Crippen LogP contribution in [0.4, 0.5) is 0 Å². The van der Waals surface area contributed by atoms with Gasteiger partial charge in [0.25, 0.3) is 0 Å². The lowest BCUT2D eigenvalue weighted by molar-refractivity contribution is 0.262. The number of rotatable bonds is 0. The summed E-state index contributed by atoms with van der Waals surface area (Å²) < 4.78 is 0. The molecule has 2 nitrogen and oxygen atoms in total. The van der Waals surface area contributed by atoms with Crippen molar-refractivity contribution >= 4 is 6.21 Å². The first kappa shape index (κ1) is 5.42. The Morgan fingerprint density at radius 2 is 2.56 bits per heavy atom. The van der Waals surface area contributed by atoms with E-state index in [0.717, 1.165) is 0 Å². The van der Waals surface area contributed by atoms with Crippen molar-refractivity contribution in [2.75, 3.05) is 6.54 Å². The van der Waals surface area contributed by atoms with Gasteiger partial charge in [0.1, 0.15) is 0 Å². The second-order valence-electron chi connectivity index (χ2n) is 2.88. The molecule has 2 unspecified atom stereocenters. The van der Waals surface area contributed by atoms with Crippen LogP contribution in [0.15, 0.2) is 4.99 Å². The van der Waals surface area contributed by atoms with E-state index in [2.05, 4.69) is 23.0 Å². The van der Waals surface area contributed by atoms with E-state index in [0.29, 0.717) is 12.2 Å². The summed E-state index contributed by atoms with van der Waals surface area (Å²) in [6, 6.07) is 0.694. The van der Waals surface area contributed by atoms with E-state index in [1.54, 1.807) is 0 Å². The first-order chi connectivity index (χ1) is 4.38. The summed E-state index contributed by atoms with van der Waals surface area (Å²) in [5.41, 5.74) is 0. The Morgan fingerprint density at radius 3 is 3.33 bits per heavy atom. The minimum atomic E-state index is 0.470. The fourth-order valence-electron chi connectivity index (χ4n) is 1.75. The predicted octanol–water partition coefficient (Wildman–Crippen LogP) is 0.881. The molecule has 0 aromatic carbocycles. The maximum Gasteiger partial charge on any atom is 0.0992 e. The van der Waals surface area contributed by atoms with Crippen LogP contribution in [0.2, 0.25) is 0 Å². The van der Waals surface area contributed by atoms with Gasteiger partial charge in [-0.1, -0.05) is 0 Å². The Hall–Kier alpha value is -0.370. The molecule has 0 spiro atoms. The van der Waals surface area contributed by atoms with Crippen LogP contribution in [0, 0.1) is 0 Å². The van der Waals surface area contributed by atoms with Gasteiger partial charge in [0.2, 0.25) is 0 Å². The van der Waals surface area contributed by atoms with Gasteiger partial charge in [-0.3, -0.25) is 9.89 Å². The lowest BCUT2D eigenvalue weighted by atomic mass is 10.2. The van der Waals surface area contributed by atoms with Crippen molar-refractivity contribution in [2.45, 2.75) is 32.0 Å². The van der Waals surface area contributed by atoms with Crippen LogP contribution in [0.1, 0.15) is 19.8 Å². The van der Waals surface area contributed by atoms with Gasteiger partial charge >= 0.3 is 0 Å². The van der Waals surface area contributed by atoms with Crippen LogP contribution in [-0.4, -0.2) is 29.9 Å². The standard InChI is InChI=1S/C7H12N2/c1-6-8-5-7-3-2-4-9(6)7/h5-7H,2-4H2,1H3. The molecule has 0 aromatic heterocycles. The first-order valence-corrected chi connectivity index (χ1v) is 3.67. The van der Waals surface area contributed by atoms with Gasteiger partial charge in [-0.2, -0.15) is 0 Å². The van der Waals surface area contributed by atoms with Crippen molar-refractivity contribution in [2.24, 2.45) is 4.99 Å². The summed E-state index contributed by atoms with van der Waals surface area (Å²) in [5.74, 6) is 0. The average Bonchev–Trinajstić information content (AvgIpc) is 2.35. The Kier molecular flexibility index (Phi) is 1.09. The lowest BCUT2D eigenvalue weighted by Crippen LogP contribution is -2.30. The summed E-state index contributed by atoms with van der Waals surface area (Å²) in [4.78, 5) is 6.78. The van der Waals surface area contributed by atoms with Gasteiger partial charge in [-0.05, 0) is 19.8 Å². The molecule has 0 amide bonds. The molecule has 2 aliphatic heterocycles. The quantitative estimate of drug-likeness (QED) is 0.468. The highest BCUT2D eigenvalue weighted by Crippen LogP contribution is 2.23. The molecule has 1 fully saturated rings. The van der Waals surface area contributed by atoms with E-state index >= 15 is 0 Å². The third-order valence-corrected chi connectivity index (χ3v) is 2.30. The maximum absolute atomic E-state index is 4.32. The highest BCUT2D eigenvalue weighted by molar-refractivity contribution is 5.67. The van der Waals surface area contributed by atoms with Gasteiger partial charge in [0.15, 0.2) is 0 Å². The molecule has 0 radical (unpaired) electrons. The summed E-state index contributed by atoms with van der Waals surface area (Å²) >= 11 is 0. The van der Waals surface area contributed by atoms with Crippen molar-refractivity contribution in [1.82, 2.24) is 4.90 Å². The van der Waals surface area contributed by atoms with Crippen LogP contribution in [0.25, 0.3) is 0 Å². The zero-order chi connectivity index (χ0) is 6.27. The largest absolute Gasteiger partial charge is 0.277 e. The second kappa shape index (κ2) is 1.81. The van der Waals surface area contributed by atoms with Gasteiger partial charge in [-0.15, -0.1) is 0 Å². The smallest absolute Gasteiger partial charge is 0.0992 e. The number of hydrogen-bond donors (Lipinski definition) is 0. The molecular formula is C7H12N2. The molecular weight excluding hydrogens is 112 g/mol. The maximum atomic E-state index is 4.32. The third kappa shape index (κ3) is 0.697. The highest BCUT2D eigenvalue weighted by atomic mass is 15.3. The Balaban J connectivity index is 2.15. The zero-order valence-electron chi connectivity index (χ0n) is 5.75. The fourth-order valence-corrected chi connectivity index (χ4v) is 1.75. The van der Waals surface area contributed by atoms with Crippen LogP contribution in [0.3, 0.4) is 0 Å². The molecule has 9 heavy (non-hydrogen) atoms. The van der Waals surface area contributed by atoms with E-state index in [4.69, 9.17) is 0 Å². The van der Waals surface area contributed by atoms with Crippen LogP contribution < -0.4 is 0 Å². The summed E-state index contributed by atoms with van der Waals surface area (Å²) in [5, 5.41) is 0. The zero-order valence-corrected chi connectivity index (χ0v) is 5.75. The number of hydrogen-bond acceptors (Lipinski definition) is 2. The SMILES string of the molecule is CC1N=CC2CCCN21. The molecule has 0 aromatic rings. The molecule has 2 atom stereocenters. The highest BCUT2D eigenvalue weighted by Gasteiger charge is 2.30. The van der Waals surface area contributed by atoms with Crippen molar-refractivity contribution in [3.63, 3.8) is 0 Å². The number of aliphatic imine (C=N–C) groups is 1. The first-order valence-electron chi connectivity index (χ1n) is 3.67. The molecule has 0 N–H and O–H groups in total. The van der Waals surface area contributed by atoms with E-state index in [-0.39, 0.29) is 0 Å². The van der Waals surface area contributed by atoms with Crippen molar-refractivity contribution < 1.29 is 0 Å². The Labute approximate surface area is 55.6 Å². The molecule has 2 heteroatoms. The minimum absolute atomic E-state index is 0.470. The number of fused-ring (bicyclic) bond motifs is 1. The number of nitrogens with zero attached hydrogens (tertiary/aromatic N) is 2. The summed E-state index contributed by atoms with van der Waals surface area (Å²) in [6.07, 6.45) is 5.27. The van der Waals surface area contributed by atoms with Gasteiger partial charge < -0.3 is 0 Å². The summed E-state index contributed by atoms with van der Waals surface area (Å²) in [7, 11) is 0. The molecule has 2 aliphatic rings. The van der Waals surface area contributed by atoms with Crippen molar-refractivity contribution in [1.29, 1.82) is 0 Å². The van der Waals surface area contributed by atoms with E-state index in [1.807, 2.05) is 0 Å². The van der Waals surface area contributed by atoms with E-state index in [1.165, 1.54) is 19.4 Å². The summed E-state index contributed by atoms with van der Waals surface area (Å²) in [6.45, 7) is 3.42. The molecule has 2 heterocycles. The Bertz CT molecular complexity index is 142. The monoisotopic (exact) mass is 124 g/mol. The van der Waals surface area contributed by atoms with Gasteiger partial charge in [0, 0.05) is 18.8 Å². The minimum Gasteiger partial charge on any atom is -0.277 e. The molecule has 0 bridgehead atoms. The van der Waals surface area contributed by atoms with Crippen LogP contribution in [-0.2, 0) is 0 Å². The van der Waals surface area contributed by atoms with Crippen LogP contribution in [0.5, 0.6) is 0 Å². The topological polar surface area (TPSA) is 15.6 Å². The van der Waals surface area contributed by atoms with Gasteiger partial charge in [-0.25, -0.2) is 0 Å². The van der Waals surface area contributed by atoms with E-state index < -0.39 is 0 Å². The average molecular weight is 124 g/mol. The Morgan fingerprint density at radius 1 is 1.67 bits per heavy atom. The molecule has 1 saturated heterocycles. The molecule has 0 saturated carbocycles. The lowest BCUT2D eigenvalue weighted by Gasteiger charge is -2.17. The van der Waals surface area contributed by atoms with Crippen LogP contribution >= 0.6 is 0 Å². The van der Waals surface area contributed by atoms with Crippen molar-refractivity contribution in [3.8, 4) is 0 Å². The third-order valence-electron chi connectivity index (χ3n) is 2.30. The van der Waals surface area contributed by atoms with Gasteiger partial charge in [0.05, 0.1) is 6.17 Å².